The Morgan fingerprint density at radius 1 is 1.35 bits per heavy atom. The third kappa shape index (κ3) is 4.39. The first kappa shape index (κ1) is 18.3. The average molecular weight is 392 g/mol. The number of aromatic nitrogens is 3. The minimum absolute atomic E-state index is 0.105. The number of fused-ring (bicyclic) bond motifs is 1. The molecule has 0 atom stereocenters. The second-order valence-electron chi connectivity index (χ2n) is 5.73. The molecule has 0 spiro atoms. The highest BCUT2D eigenvalue weighted by atomic mass is 35.5. The topological polar surface area (TPSA) is 80.1 Å². The molecule has 3 rings (SSSR count). The van der Waals surface area contributed by atoms with E-state index < -0.39 is 0 Å². The second kappa shape index (κ2) is 8.29. The van der Waals surface area contributed by atoms with Crippen LogP contribution in [0.25, 0.3) is 10.2 Å². The molecule has 0 saturated heterocycles. The zero-order valence-corrected chi connectivity index (χ0v) is 15.8. The zero-order chi connectivity index (χ0) is 18.5. The van der Waals surface area contributed by atoms with Crippen molar-refractivity contribution in [2.75, 3.05) is 25.0 Å². The van der Waals surface area contributed by atoms with Crippen molar-refractivity contribution in [1.29, 1.82) is 0 Å². The van der Waals surface area contributed by atoms with E-state index in [9.17, 15) is 9.59 Å². The van der Waals surface area contributed by atoms with Gasteiger partial charge in [-0.15, -0.1) is 0 Å². The molecule has 0 radical (unpaired) electrons. The van der Waals surface area contributed by atoms with Gasteiger partial charge in [0, 0.05) is 32.4 Å². The first-order valence-corrected chi connectivity index (χ1v) is 9.29. The summed E-state index contributed by atoms with van der Waals surface area (Å²) in [4.78, 5) is 29.9. The molecule has 2 aromatic heterocycles. The van der Waals surface area contributed by atoms with Gasteiger partial charge in [0.05, 0.1) is 16.3 Å². The number of hydrogen-bond acceptors (Lipinski definition) is 6. The Labute approximate surface area is 159 Å². The monoisotopic (exact) mass is 391 g/mol. The lowest BCUT2D eigenvalue weighted by molar-refractivity contribution is -0.119. The van der Waals surface area contributed by atoms with E-state index >= 15 is 0 Å². The normalized spacial score (nSPS) is 10.8. The summed E-state index contributed by atoms with van der Waals surface area (Å²) in [7, 11) is 1.82. The van der Waals surface area contributed by atoms with Crippen LogP contribution in [0, 0.1) is 0 Å². The summed E-state index contributed by atoms with van der Waals surface area (Å²) < 4.78 is 2.36. The molecular weight excluding hydrogens is 374 g/mol. The van der Waals surface area contributed by atoms with Gasteiger partial charge >= 0.3 is 0 Å². The molecule has 136 valence electrons. The summed E-state index contributed by atoms with van der Waals surface area (Å²) in [5.74, 6) is -0.105. The van der Waals surface area contributed by atoms with Gasteiger partial charge in [0.1, 0.15) is 5.52 Å². The van der Waals surface area contributed by atoms with E-state index in [0.717, 1.165) is 15.3 Å². The number of carbonyl (C=O) groups is 1. The van der Waals surface area contributed by atoms with Crippen molar-refractivity contribution in [2.45, 2.75) is 13.0 Å². The van der Waals surface area contributed by atoms with E-state index in [1.54, 1.807) is 23.2 Å². The zero-order valence-electron chi connectivity index (χ0n) is 14.2. The molecule has 0 unspecified atom stereocenters. The van der Waals surface area contributed by atoms with E-state index in [2.05, 4.69) is 15.4 Å². The van der Waals surface area contributed by atoms with E-state index in [4.69, 9.17) is 11.6 Å². The SMILES string of the molecule is CN(CC(=O)NCCCn1ncccc1=O)c1nc2c(Cl)cccc2s1. The Hall–Kier alpha value is -2.45. The number of rotatable bonds is 7. The molecule has 0 fully saturated rings. The summed E-state index contributed by atoms with van der Waals surface area (Å²) in [6, 6.07) is 8.70. The van der Waals surface area contributed by atoms with Crippen LogP contribution in [0.2, 0.25) is 5.02 Å². The van der Waals surface area contributed by atoms with E-state index in [0.29, 0.717) is 24.5 Å². The predicted octanol–water partition coefficient (Wildman–Crippen LogP) is 2.15. The van der Waals surface area contributed by atoms with Crippen molar-refractivity contribution < 1.29 is 4.79 Å². The second-order valence-corrected chi connectivity index (χ2v) is 7.14. The molecule has 0 saturated carbocycles. The Balaban J connectivity index is 1.48. The Kier molecular flexibility index (Phi) is 5.85. The maximum absolute atomic E-state index is 12.1. The quantitative estimate of drug-likeness (QED) is 0.624. The number of aryl methyl sites for hydroxylation is 1. The van der Waals surface area contributed by atoms with Crippen LogP contribution in [-0.2, 0) is 11.3 Å². The number of hydrogen-bond donors (Lipinski definition) is 1. The van der Waals surface area contributed by atoms with Gasteiger partial charge in [-0.1, -0.05) is 29.0 Å². The Morgan fingerprint density at radius 3 is 2.96 bits per heavy atom. The summed E-state index contributed by atoms with van der Waals surface area (Å²) in [6.07, 6.45) is 2.20. The predicted molar refractivity (Wildman–Crippen MR) is 104 cm³/mol. The van der Waals surface area contributed by atoms with Gasteiger partial charge in [0.15, 0.2) is 5.13 Å². The fourth-order valence-corrected chi connectivity index (χ4v) is 3.64. The van der Waals surface area contributed by atoms with Crippen LogP contribution in [0.3, 0.4) is 0 Å². The molecule has 0 aliphatic rings. The number of thiazole rings is 1. The lowest BCUT2D eigenvalue weighted by atomic mass is 10.3. The van der Waals surface area contributed by atoms with Crippen molar-refractivity contribution in [3.8, 4) is 0 Å². The number of likely N-dealkylation sites (N-methyl/N-ethyl adjacent to an activating group) is 1. The fraction of sp³-hybridized carbons (Fsp3) is 0.294. The number of nitrogens with one attached hydrogen (secondary N) is 1. The van der Waals surface area contributed by atoms with Crippen LogP contribution in [0.4, 0.5) is 5.13 Å². The molecule has 0 bridgehead atoms. The Bertz CT molecular complexity index is 971. The summed E-state index contributed by atoms with van der Waals surface area (Å²) in [5.41, 5.74) is 0.607. The lowest BCUT2D eigenvalue weighted by Crippen LogP contribution is -2.36. The van der Waals surface area contributed by atoms with Crippen LogP contribution in [0.5, 0.6) is 0 Å². The smallest absolute Gasteiger partial charge is 0.266 e. The van der Waals surface area contributed by atoms with Crippen molar-refractivity contribution >= 4 is 44.2 Å². The molecule has 9 heteroatoms. The molecule has 3 aromatic rings. The van der Waals surface area contributed by atoms with Crippen molar-refractivity contribution in [2.24, 2.45) is 0 Å². The number of halogens is 1. The minimum atomic E-state index is -0.145. The van der Waals surface area contributed by atoms with Crippen molar-refractivity contribution in [3.05, 3.63) is 51.9 Å². The van der Waals surface area contributed by atoms with Gasteiger partial charge in [-0.3, -0.25) is 9.59 Å². The lowest BCUT2D eigenvalue weighted by Gasteiger charge is -2.15. The molecule has 1 N–H and O–H groups in total. The molecule has 0 aliphatic carbocycles. The van der Waals surface area contributed by atoms with Crippen LogP contribution in [0.15, 0.2) is 41.3 Å². The maximum atomic E-state index is 12.1. The highest BCUT2D eigenvalue weighted by molar-refractivity contribution is 7.22. The summed E-state index contributed by atoms with van der Waals surface area (Å²) >= 11 is 7.64. The van der Waals surface area contributed by atoms with Gasteiger partial charge in [-0.05, 0) is 24.6 Å². The number of nitrogens with zero attached hydrogens (tertiary/aromatic N) is 4. The number of para-hydroxylation sites is 1. The number of amides is 1. The standard InChI is InChI=1S/C17H18ClN5O2S/c1-22(17-21-16-12(18)5-2-6-13(16)26-17)11-14(24)19-8-4-10-23-15(25)7-3-9-20-23/h2-3,5-7,9H,4,8,10-11H2,1H3,(H,19,24). The van der Waals surface area contributed by atoms with Gasteiger partial charge in [-0.2, -0.15) is 5.10 Å². The third-order valence-corrected chi connectivity index (χ3v) is 5.16. The minimum Gasteiger partial charge on any atom is -0.354 e. The van der Waals surface area contributed by atoms with Crippen LogP contribution < -0.4 is 15.8 Å². The summed E-state index contributed by atoms with van der Waals surface area (Å²) in [5, 5.41) is 8.17. The molecule has 0 aliphatic heterocycles. The van der Waals surface area contributed by atoms with Crippen molar-refractivity contribution in [1.82, 2.24) is 20.1 Å². The van der Waals surface area contributed by atoms with E-state index in [1.807, 2.05) is 19.2 Å². The number of benzene rings is 1. The summed E-state index contributed by atoms with van der Waals surface area (Å²) in [6.45, 7) is 1.13. The highest BCUT2D eigenvalue weighted by Crippen LogP contribution is 2.32. The molecule has 26 heavy (non-hydrogen) atoms. The van der Waals surface area contributed by atoms with Gasteiger partial charge in [0.25, 0.3) is 5.56 Å². The molecule has 7 nitrogen and oxygen atoms in total. The average Bonchev–Trinajstić information content (AvgIpc) is 3.06. The highest BCUT2D eigenvalue weighted by Gasteiger charge is 2.13. The van der Waals surface area contributed by atoms with Gasteiger partial charge < -0.3 is 10.2 Å². The molecule has 2 heterocycles. The third-order valence-electron chi connectivity index (χ3n) is 3.72. The molecule has 1 amide bonds. The molecular formula is C17H18ClN5O2S. The first-order chi connectivity index (χ1) is 12.5. The number of anilines is 1. The van der Waals surface area contributed by atoms with Gasteiger partial charge in [-0.25, -0.2) is 9.67 Å². The Morgan fingerprint density at radius 2 is 2.19 bits per heavy atom. The van der Waals surface area contributed by atoms with Crippen LogP contribution in [-0.4, -0.2) is 40.8 Å². The first-order valence-electron chi connectivity index (χ1n) is 8.09. The number of carbonyl (C=O) groups excluding carboxylic acids is 1. The molecule has 1 aromatic carbocycles. The van der Waals surface area contributed by atoms with Crippen LogP contribution in [0.1, 0.15) is 6.42 Å². The van der Waals surface area contributed by atoms with E-state index in [-0.39, 0.29) is 18.0 Å². The van der Waals surface area contributed by atoms with E-state index in [1.165, 1.54) is 22.1 Å². The fourth-order valence-electron chi connectivity index (χ4n) is 2.42. The van der Waals surface area contributed by atoms with Crippen molar-refractivity contribution in [3.63, 3.8) is 0 Å². The largest absolute Gasteiger partial charge is 0.354 e. The van der Waals surface area contributed by atoms with Crippen LogP contribution >= 0.6 is 22.9 Å². The van der Waals surface area contributed by atoms with Gasteiger partial charge in [0.2, 0.25) is 5.91 Å². The maximum Gasteiger partial charge on any atom is 0.266 e.